The van der Waals surface area contributed by atoms with Gasteiger partial charge in [0, 0.05) is 18.2 Å². The molecule has 0 spiro atoms. The molecular formula is C19H22O5. The predicted octanol–water partition coefficient (Wildman–Crippen LogP) is 3.43. The van der Waals surface area contributed by atoms with Crippen LogP contribution in [0.5, 0.6) is 23.0 Å². The van der Waals surface area contributed by atoms with Crippen molar-refractivity contribution in [3.8, 4) is 23.0 Å². The molecule has 24 heavy (non-hydrogen) atoms. The monoisotopic (exact) mass is 330 g/mol. The van der Waals surface area contributed by atoms with Crippen LogP contribution in [-0.4, -0.2) is 33.5 Å². The number of para-hydroxylation sites is 1. The van der Waals surface area contributed by atoms with Crippen LogP contribution in [0.15, 0.2) is 30.3 Å². The number of phenolic OH excluding ortho intramolecular Hbond substituents is 1. The quantitative estimate of drug-likeness (QED) is 0.910. The third-order valence-electron chi connectivity index (χ3n) is 4.90. The Kier molecular flexibility index (Phi) is 4.05. The van der Waals surface area contributed by atoms with Crippen LogP contribution in [0.4, 0.5) is 0 Å². The van der Waals surface area contributed by atoms with Gasteiger partial charge in [-0.15, -0.1) is 0 Å². The highest BCUT2D eigenvalue weighted by molar-refractivity contribution is 5.68. The second kappa shape index (κ2) is 5.91. The predicted molar refractivity (Wildman–Crippen MR) is 90.4 cm³/mol. The molecule has 1 N–H and O–H groups in total. The molecule has 1 aliphatic rings. The average Bonchev–Trinajstić information content (AvgIpc) is 2.61. The Balaban J connectivity index is 2.29. The second-order valence-electron chi connectivity index (χ2n) is 5.94. The zero-order valence-corrected chi connectivity index (χ0v) is 14.5. The number of rotatable bonds is 5. The Morgan fingerprint density at radius 2 is 1.62 bits per heavy atom. The third kappa shape index (κ3) is 1.97. The van der Waals surface area contributed by atoms with Gasteiger partial charge in [-0.25, -0.2) is 0 Å². The maximum atomic E-state index is 10.2. The zero-order valence-electron chi connectivity index (χ0n) is 14.5. The largest absolute Gasteiger partial charge is 0.504 e. The van der Waals surface area contributed by atoms with Crippen molar-refractivity contribution in [2.75, 3.05) is 28.4 Å². The van der Waals surface area contributed by atoms with Crippen molar-refractivity contribution < 1.29 is 24.1 Å². The van der Waals surface area contributed by atoms with Crippen molar-refractivity contribution >= 4 is 0 Å². The van der Waals surface area contributed by atoms with E-state index in [1.165, 1.54) is 0 Å². The van der Waals surface area contributed by atoms with Crippen molar-refractivity contribution in [2.45, 2.75) is 18.4 Å². The van der Waals surface area contributed by atoms with E-state index in [0.717, 1.165) is 16.7 Å². The molecule has 2 atom stereocenters. The number of aromatic hydroxyl groups is 1. The summed E-state index contributed by atoms with van der Waals surface area (Å²) in [4.78, 5) is 0. The molecular weight excluding hydrogens is 308 g/mol. The van der Waals surface area contributed by atoms with E-state index in [9.17, 15) is 5.11 Å². The van der Waals surface area contributed by atoms with E-state index >= 15 is 0 Å². The minimum absolute atomic E-state index is 0.110. The molecule has 0 radical (unpaired) electrons. The van der Waals surface area contributed by atoms with Gasteiger partial charge in [-0.1, -0.05) is 18.2 Å². The molecule has 0 fully saturated rings. The van der Waals surface area contributed by atoms with Gasteiger partial charge in [0.15, 0.2) is 23.0 Å². The highest BCUT2D eigenvalue weighted by Gasteiger charge is 2.54. The fourth-order valence-corrected chi connectivity index (χ4v) is 3.85. The highest BCUT2D eigenvalue weighted by Crippen LogP contribution is 2.62. The van der Waals surface area contributed by atoms with Crippen molar-refractivity contribution in [1.82, 2.24) is 0 Å². The SMILES string of the molecule is COc1cccc(C2(C)c3c(ccc(O)c3OC)C2OC)c1OC. The lowest BCUT2D eigenvalue weighted by atomic mass is 9.58. The average molecular weight is 330 g/mol. The van der Waals surface area contributed by atoms with Gasteiger partial charge >= 0.3 is 0 Å². The Bertz CT molecular complexity index is 771. The van der Waals surface area contributed by atoms with E-state index in [0.29, 0.717) is 17.2 Å². The van der Waals surface area contributed by atoms with E-state index in [-0.39, 0.29) is 11.9 Å². The second-order valence-corrected chi connectivity index (χ2v) is 5.94. The summed E-state index contributed by atoms with van der Waals surface area (Å²) in [6.07, 6.45) is -0.178. The van der Waals surface area contributed by atoms with Crippen molar-refractivity contribution in [3.63, 3.8) is 0 Å². The molecule has 0 amide bonds. The standard InChI is InChI=1S/C19H22O5/c1-19(12-7-6-8-14(21-2)16(12)22-3)15-11(18(19)24-5)9-10-13(20)17(15)23-4/h6-10,18,20H,1-5H3. The Morgan fingerprint density at radius 3 is 2.21 bits per heavy atom. The zero-order chi connectivity index (χ0) is 17.5. The first-order chi connectivity index (χ1) is 11.5. The van der Waals surface area contributed by atoms with Crippen LogP contribution in [0.1, 0.15) is 29.7 Å². The minimum atomic E-state index is -0.534. The summed E-state index contributed by atoms with van der Waals surface area (Å²) in [6.45, 7) is 2.06. The van der Waals surface area contributed by atoms with Crippen molar-refractivity contribution in [3.05, 3.63) is 47.0 Å². The number of fused-ring (bicyclic) bond motifs is 1. The Labute approximate surface area is 141 Å². The summed E-state index contributed by atoms with van der Waals surface area (Å²) in [7, 11) is 6.46. The van der Waals surface area contributed by atoms with Crippen molar-refractivity contribution in [2.24, 2.45) is 0 Å². The number of phenols is 1. The molecule has 2 aromatic rings. The van der Waals surface area contributed by atoms with Crippen LogP contribution in [0.2, 0.25) is 0 Å². The normalized spacial score (nSPS) is 21.6. The van der Waals surface area contributed by atoms with Crippen molar-refractivity contribution in [1.29, 1.82) is 0 Å². The lowest BCUT2D eigenvalue weighted by molar-refractivity contribution is 0.0240. The van der Waals surface area contributed by atoms with Gasteiger partial charge in [0.1, 0.15) is 0 Å². The molecule has 5 nitrogen and oxygen atoms in total. The molecule has 1 aliphatic carbocycles. The third-order valence-corrected chi connectivity index (χ3v) is 4.90. The molecule has 0 aromatic heterocycles. The summed E-state index contributed by atoms with van der Waals surface area (Å²) in [5, 5.41) is 10.2. The number of hydrogen-bond acceptors (Lipinski definition) is 5. The lowest BCUT2D eigenvalue weighted by Gasteiger charge is -2.49. The molecule has 0 saturated carbocycles. The van der Waals surface area contributed by atoms with Gasteiger partial charge in [-0.05, 0) is 24.6 Å². The Morgan fingerprint density at radius 1 is 0.917 bits per heavy atom. The number of benzene rings is 2. The van der Waals surface area contributed by atoms with Gasteiger partial charge in [0.25, 0.3) is 0 Å². The van der Waals surface area contributed by atoms with Gasteiger partial charge < -0.3 is 24.1 Å². The maximum absolute atomic E-state index is 10.2. The summed E-state index contributed by atoms with van der Waals surface area (Å²) < 4.78 is 22.3. The van der Waals surface area contributed by atoms with Gasteiger partial charge in [0.2, 0.25) is 0 Å². The van der Waals surface area contributed by atoms with Crippen LogP contribution in [0, 0.1) is 0 Å². The highest BCUT2D eigenvalue weighted by atomic mass is 16.5. The summed E-state index contributed by atoms with van der Waals surface area (Å²) in [5.41, 5.74) is 2.30. The topological polar surface area (TPSA) is 57.2 Å². The first-order valence-electron chi connectivity index (χ1n) is 7.69. The van der Waals surface area contributed by atoms with Crippen LogP contribution < -0.4 is 14.2 Å². The number of hydrogen-bond donors (Lipinski definition) is 1. The smallest absolute Gasteiger partial charge is 0.165 e. The maximum Gasteiger partial charge on any atom is 0.165 e. The number of ether oxygens (including phenoxy) is 4. The molecule has 3 rings (SSSR count). The Hall–Kier alpha value is -2.40. The minimum Gasteiger partial charge on any atom is -0.504 e. The van der Waals surface area contributed by atoms with Crippen LogP contribution in [-0.2, 0) is 10.2 Å². The molecule has 5 heteroatoms. The molecule has 0 heterocycles. The lowest BCUT2D eigenvalue weighted by Crippen LogP contribution is -2.43. The van der Waals surface area contributed by atoms with Gasteiger partial charge in [0.05, 0.1) is 32.8 Å². The molecule has 128 valence electrons. The van der Waals surface area contributed by atoms with E-state index in [1.807, 2.05) is 24.3 Å². The van der Waals surface area contributed by atoms with Crippen LogP contribution in [0.3, 0.4) is 0 Å². The summed E-state index contributed by atoms with van der Waals surface area (Å²) >= 11 is 0. The summed E-state index contributed by atoms with van der Waals surface area (Å²) in [6, 6.07) is 9.26. The first-order valence-corrected chi connectivity index (χ1v) is 7.69. The van der Waals surface area contributed by atoms with Gasteiger partial charge in [-0.2, -0.15) is 0 Å². The van der Waals surface area contributed by atoms with Crippen LogP contribution >= 0.6 is 0 Å². The molecule has 0 aliphatic heterocycles. The fourth-order valence-electron chi connectivity index (χ4n) is 3.85. The van der Waals surface area contributed by atoms with Gasteiger partial charge in [-0.3, -0.25) is 0 Å². The van der Waals surface area contributed by atoms with Crippen LogP contribution in [0.25, 0.3) is 0 Å². The van der Waals surface area contributed by atoms with E-state index in [1.54, 1.807) is 34.5 Å². The molecule has 0 bridgehead atoms. The molecule has 2 unspecified atom stereocenters. The van der Waals surface area contributed by atoms with E-state index in [2.05, 4.69) is 6.92 Å². The molecule has 0 saturated heterocycles. The summed E-state index contributed by atoms with van der Waals surface area (Å²) in [5.74, 6) is 1.88. The van der Waals surface area contributed by atoms with E-state index < -0.39 is 5.41 Å². The van der Waals surface area contributed by atoms with E-state index in [4.69, 9.17) is 18.9 Å². The number of methoxy groups -OCH3 is 4. The molecule has 2 aromatic carbocycles. The first kappa shape index (κ1) is 16.5. The fraction of sp³-hybridized carbons (Fsp3) is 0.368.